The summed E-state index contributed by atoms with van der Waals surface area (Å²) >= 11 is 0. The third kappa shape index (κ3) is 3.03. The van der Waals surface area contributed by atoms with Crippen molar-refractivity contribution < 1.29 is 18.4 Å². The third-order valence-corrected chi connectivity index (χ3v) is 3.10. The summed E-state index contributed by atoms with van der Waals surface area (Å²) in [6.07, 6.45) is 1.52. The van der Waals surface area contributed by atoms with Crippen LogP contribution in [-0.4, -0.2) is 23.2 Å². The van der Waals surface area contributed by atoms with E-state index in [1.165, 1.54) is 25.4 Å². The zero-order valence-corrected chi connectivity index (χ0v) is 12.1. The van der Waals surface area contributed by atoms with Gasteiger partial charge in [-0.05, 0) is 24.3 Å². The maximum atomic E-state index is 13.7. The number of methoxy groups -OCH3 is 1. The normalized spacial score (nSPS) is 10.3. The van der Waals surface area contributed by atoms with E-state index in [9.17, 15) is 9.18 Å². The van der Waals surface area contributed by atoms with Gasteiger partial charge in [-0.1, -0.05) is 17.3 Å². The van der Waals surface area contributed by atoms with Crippen LogP contribution in [0.25, 0.3) is 11.3 Å². The van der Waals surface area contributed by atoms with Gasteiger partial charge in [-0.15, -0.1) is 0 Å². The fraction of sp³-hybridized carbons (Fsp3) is 0.0625. The number of nitrogens with zero attached hydrogens (tertiary/aromatic N) is 2. The smallest absolute Gasteiger partial charge is 0.279 e. The van der Waals surface area contributed by atoms with E-state index < -0.39 is 11.7 Å². The van der Waals surface area contributed by atoms with Crippen molar-refractivity contribution in [2.24, 2.45) is 0 Å². The summed E-state index contributed by atoms with van der Waals surface area (Å²) in [5, 5.41) is 6.23. The maximum absolute atomic E-state index is 13.7. The average Bonchev–Trinajstić information content (AvgIpc) is 3.05. The van der Waals surface area contributed by atoms with E-state index in [1.807, 2.05) is 0 Å². The van der Waals surface area contributed by atoms with Crippen LogP contribution in [0.5, 0.6) is 5.75 Å². The molecule has 116 valence electrons. The van der Waals surface area contributed by atoms with Crippen molar-refractivity contribution in [1.82, 2.24) is 10.1 Å². The molecule has 0 unspecified atom stereocenters. The van der Waals surface area contributed by atoms with Crippen molar-refractivity contribution in [2.45, 2.75) is 0 Å². The second kappa shape index (κ2) is 6.27. The highest BCUT2D eigenvalue weighted by Crippen LogP contribution is 2.24. The van der Waals surface area contributed by atoms with E-state index in [-0.39, 0.29) is 22.8 Å². The summed E-state index contributed by atoms with van der Waals surface area (Å²) in [6.45, 7) is 0. The molecule has 0 bridgehead atoms. The van der Waals surface area contributed by atoms with Crippen LogP contribution in [0.15, 0.2) is 53.2 Å². The highest BCUT2D eigenvalue weighted by molar-refractivity contribution is 6.03. The Morgan fingerprint density at radius 1 is 1.26 bits per heavy atom. The van der Waals surface area contributed by atoms with Crippen molar-refractivity contribution in [3.05, 3.63) is 60.2 Å². The first kappa shape index (κ1) is 14.7. The molecule has 2 heterocycles. The van der Waals surface area contributed by atoms with Crippen LogP contribution in [-0.2, 0) is 0 Å². The zero-order valence-electron chi connectivity index (χ0n) is 12.1. The number of anilines is 1. The zero-order chi connectivity index (χ0) is 16.2. The Hall–Kier alpha value is -3.22. The Morgan fingerprint density at radius 3 is 2.87 bits per heavy atom. The number of halogens is 1. The summed E-state index contributed by atoms with van der Waals surface area (Å²) < 4.78 is 23.9. The quantitative estimate of drug-likeness (QED) is 0.800. The minimum absolute atomic E-state index is 0.0101. The molecule has 3 aromatic rings. The van der Waals surface area contributed by atoms with Gasteiger partial charge in [0.15, 0.2) is 23.0 Å². The minimum atomic E-state index is -0.534. The number of carbonyl (C=O) groups excluding carboxylic acids is 1. The molecule has 0 aliphatic heterocycles. The number of ether oxygens (including phenoxy) is 1. The molecule has 3 rings (SSSR count). The molecule has 0 atom stereocenters. The molecular formula is C16H12FN3O3. The number of benzene rings is 1. The van der Waals surface area contributed by atoms with E-state index >= 15 is 0 Å². The van der Waals surface area contributed by atoms with Crippen molar-refractivity contribution in [2.75, 3.05) is 12.4 Å². The van der Waals surface area contributed by atoms with E-state index in [0.717, 1.165) is 0 Å². The lowest BCUT2D eigenvalue weighted by Gasteiger charge is -2.06. The van der Waals surface area contributed by atoms with Crippen LogP contribution in [0.3, 0.4) is 0 Å². The fourth-order valence-corrected chi connectivity index (χ4v) is 1.99. The van der Waals surface area contributed by atoms with Gasteiger partial charge in [0.2, 0.25) is 0 Å². The van der Waals surface area contributed by atoms with Crippen LogP contribution in [0.4, 0.5) is 10.2 Å². The van der Waals surface area contributed by atoms with Gasteiger partial charge in [0.25, 0.3) is 5.91 Å². The highest BCUT2D eigenvalue weighted by Gasteiger charge is 2.17. The molecule has 0 saturated carbocycles. The van der Waals surface area contributed by atoms with E-state index in [0.29, 0.717) is 5.75 Å². The van der Waals surface area contributed by atoms with Crippen LogP contribution < -0.4 is 10.1 Å². The summed E-state index contributed by atoms with van der Waals surface area (Å²) in [6, 6.07) is 10.8. The van der Waals surface area contributed by atoms with Gasteiger partial charge in [0, 0.05) is 12.3 Å². The molecule has 23 heavy (non-hydrogen) atoms. The van der Waals surface area contributed by atoms with Gasteiger partial charge >= 0.3 is 0 Å². The summed E-state index contributed by atoms with van der Waals surface area (Å²) in [5.41, 5.74) is 0.241. The van der Waals surface area contributed by atoms with Crippen molar-refractivity contribution >= 4 is 11.7 Å². The number of amides is 1. The van der Waals surface area contributed by atoms with Gasteiger partial charge in [-0.25, -0.2) is 9.37 Å². The molecule has 2 aromatic heterocycles. The molecule has 0 aliphatic carbocycles. The molecule has 0 aliphatic rings. The Labute approximate surface area is 130 Å². The lowest BCUT2D eigenvalue weighted by atomic mass is 10.1. The fourth-order valence-electron chi connectivity index (χ4n) is 1.99. The molecule has 0 spiro atoms. The van der Waals surface area contributed by atoms with E-state index in [1.54, 1.807) is 30.3 Å². The Bertz CT molecular complexity index is 848. The minimum Gasteiger partial charge on any atom is -0.493 e. The number of nitrogens with one attached hydrogen (secondary N) is 1. The summed E-state index contributed by atoms with van der Waals surface area (Å²) in [5.74, 6) is -0.148. The monoisotopic (exact) mass is 313 g/mol. The second-order valence-electron chi connectivity index (χ2n) is 4.56. The number of pyridine rings is 1. The molecule has 1 amide bonds. The first-order valence-corrected chi connectivity index (χ1v) is 6.71. The molecule has 7 heteroatoms. The second-order valence-corrected chi connectivity index (χ2v) is 4.56. The Morgan fingerprint density at radius 2 is 2.09 bits per heavy atom. The molecule has 1 N–H and O–H groups in total. The van der Waals surface area contributed by atoms with Gasteiger partial charge in [-0.2, -0.15) is 0 Å². The largest absolute Gasteiger partial charge is 0.493 e. The molecule has 6 nitrogen and oxygen atoms in total. The predicted octanol–water partition coefficient (Wildman–Crippen LogP) is 3.14. The van der Waals surface area contributed by atoms with Crippen LogP contribution >= 0.6 is 0 Å². The topological polar surface area (TPSA) is 77.2 Å². The number of hydrogen-bond donors (Lipinski definition) is 1. The number of carbonyl (C=O) groups is 1. The van der Waals surface area contributed by atoms with Crippen molar-refractivity contribution in [1.29, 1.82) is 0 Å². The standard InChI is InChI=1S/C16H12FN3O3/c1-22-13-7-4-8-18-15(13)19-16(21)12-9-14(23-20-12)10-5-2-3-6-11(10)17/h2-9H,1H3,(H,18,19,21). The van der Waals surface area contributed by atoms with Gasteiger partial charge in [-0.3, -0.25) is 4.79 Å². The van der Waals surface area contributed by atoms with Crippen LogP contribution in [0.1, 0.15) is 10.5 Å². The van der Waals surface area contributed by atoms with Gasteiger partial charge < -0.3 is 14.6 Å². The third-order valence-electron chi connectivity index (χ3n) is 3.10. The van der Waals surface area contributed by atoms with Crippen LogP contribution in [0.2, 0.25) is 0 Å². The lowest BCUT2D eigenvalue weighted by Crippen LogP contribution is -2.14. The summed E-state index contributed by atoms with van der Waals surface area (Å²) in [7, 11) is 1.47. The van der Waals surface area contributed by atoms with Crippen molar-refractivity contribution in [3.63, 3.8) is 0 Å². The molecule has 0 fully saturated rings. The number of hydrogen-bond acceptors (Lipinski definition) is 5. The molecule has 1 aromatic carbocycles. The first-order chi connectivity index (χ1) is 11.2. The number of aromatic nitrogens is 2. The Kier molecular flexibility index (Phi) is 4.01. The Balaban J connectivity index is 1.83. The summed E-state index contributed by atoms with van der Waals surface area (Å²) in [4.78, 5) is 16.2. The van der Waals surface area contributed by atoms with E-state index in [4.69, 9.17) is 9.26 Å². The predicted molar refractivity (Wildman–Crippen MR) is 80.6 cm³/mol. The highest BCUT2D eigenvalue weighted by atomic mass is 19.1. The van der Waals surface area contributed by atoms with Crippen molar-refractivity contribution in [3.8, 4) is 17.1 Å². The SMILES string of the molecule is COc1cccnc1NC(=O)c1cc(-c2ccccc2F)on1. The lowest BCUT2D eigenvalue weighted by molar-refractivity contribution is 0.101. The van der Waals surface area contributed by atoms with Gasteiger partial charge in [0.1, 0.15) is 5.82 Å². The van der Waals surface area contributed by atoms with Crippen LogP contribution in [0, 0.1) is 5.82 Å². The molecule has 0 radical (unpaired) electrons. The first-order valence-electron chi connectivity index (χ1n) is 6.71. The molecular weight excluding hydrogens is 301 g/mol. The maximum Gasteiger partial charge on any atom is 0.279 e. The number of rotatable bonds is 4. The van der Waals surface area contributed by atoms with Gasteiger partial charge in [0.05, 0.1) is 12.7 Å². The molecule has 0 saturated heterocycles. The average molecular weight is 313 g/mol. The van der Waals surface area contributed by atoms with E-state index in [2.05, 4.69) is 15.5 Å².